The first-order valence-electron chi connectivity index (χ1n) is 15.7. The van der Waals surface area contributed by atoms with Gasteiger partial charge in [0, 0.05) is 57.4 Å². The van der Waals surface area contributed by atoms with Crippen molar-refractivity contribution < 1.29 is 23.5 Å². The van der Waals surface area contributed by atoms with Crippen molar-refractivity contribution in [2.45, 2.75) is 87.5 Å². The number of carbonyl (C=O) groups is 1. The zero-order valence-electron chi connectivity index (χ0n) is 25.4. The summed E-state index contributed by atoms with van der Waals surface area (Å²) in [6.45, 7) is 7.02. The number of ketones is 1. The average molecular weight is 581 g/mol. The minimum atomic E-state index is -0.540. The molecule has 0 aromatic carbocycles. The summed E-state index contributed by atoms with van der Waals surface area (Å²) in [5.74, 6) is 2.91. The molecule has 3 saturated heterocycles. The largest absolute Gasteiger partial charge is 0.473 e. The van der Waals surface area contributed by atoms with Crippen LogP contribution in [0.2, 0.25) is 0 Å². The monoisotopic (exact) mass is 580 g/mol. The number of anilines is 1. The van der Waals surface area contributed by atoms with E-state index in [4.69, 9.17) is 28.7 Å². The molecule has 0 unspecified atom stereocenters. The predicted molar refractivity (Wildman–Crippen MR) is 156 cm³/mol. The van der Waals surface area contributed by atoms with Crippen molar-refractivity contribution in [1.29, 1.82) is 0 Å². The van der Waals surface area contributed by atoms with E-state index in [0.717, 1.165) is 101 Å². The van der Waals surface area contributed by atoms with E-state index in [1.54, 1.807) is 7.11 Å². The molecule has 42 heavy (non-hydrogen) atoms. The van der Waals surface area contributed by atoms with Crippen LogP contribution in [0.4, 0.5) is 5.82 Å². The van der Waals surface area contributed by atoms with E-state index in [0.29, 0.717) is 29.6 Å². The zero-order chi connectivity index (χ0) is 29.1. The fraction of sp³-hybridized carbons (Fsp3) is 0.742. The highest BCUT2D eigenvalue weighted by Crippen LogP contribution is 2.47. The molecule has 0 N–H and O–H groups in total. The first kappa shape index (κ1) is 28.2. The normalized spacial score (nSPS) is 30.5. The lowest BCUT2D eigenvalue weighted by molar-refractivity contribution is -0.134. The molecule has 2 aliphatic carbocycles. The second-order valence-electron chi connectivity index (χ2n) is 13.3. The molecular weight excluding hydrogens is 536 g/mol. The van der Waals surface area contributed by atoms with Gasteiger partial charge < -0.3 is 23.6 Å². The number of hydrogen-bond donors (Lipinski definition) is 0. The van der Waals surface area contributed by atoms with Gasteiger partial charge in [-0.05, 0) is 59.5 Å². The highest BCUT2D eigenvalue weighted by Gasteiger charge is 2.49. The van der Waals surface area contributed by atoms with Gasteiger partial charge in [0.05, 0.1) is 30.3 Å². The molecule has 2 spiro atoms. The van der Waals surface area contributed by atoms with Crippen LogP contribution in [0.5, 0.6) is 5.88 Å². The number of rotatable bonds is 6. The van der Waals surface area contributed by atoms with Crippen LogP contribution in [0.1, 0.15) is 63.2 Å². The molecule has 5 aliphatic rings. The fourth-order valence-corrected chi connectivity index (χ4v) is 7.99. The number of ether oxygens (including phenoxy) is 3. The third-order valence-electron chi connectivity index (χ3n) is 10.8. The molecule has 1 saturated carbocycles. The van der Waals surface area contributed by atoms with Crippen molar-refractivity contribution in [2.24, 2.45) is 0 Å². The Bertz CT molecular complexity index is 1330. The van der Waals surface area contributed by atoms with Crippen LogP contribution >= 0.6 is 0 Å². The smallest absolute Gasteiger partial charge is 0.219 e. The van der Waals surface area contributed by atoms with Crippen molar-refractivity contribution in [2.75, 3.05) is 65.5 Å². The van der Waals surface area contributed by atoms with Gasteiger partial charge in [0.2, 0.25) is 5.88 Å². The van der Waals surface area contributed by atoms with E-state index in [1.807, 2.05) is 6.07 Å². The Morgan fingerprint density at radius 3 is 2.67 bits per heavy atom. The summed E-state index contributed by atoms with van der Waals surface area (Å²) in [5, 5.41) is 4.56. The van der Waals surface area contributed by atoms with E-state index in [2.05, 4.69) is 40.9 Å². The van der Waals surface area contributed by atoms with Crippen molar-refractivity contribution in [1.82, 2.24) is 24.9 Å². The van der Waals surface area contributed by atoms with Crippen LogP contribution < -0.4 is 9.64 Å². The van der Waals surface area contributed by atoms with Crippen LogP contribution in [0.3, 0.4) is 0 Å². The number of hydrogen-bond acceptors (Lipinski definition) is 11. The second kappa shape index (κ2) is 10.8. The first-order chi connectivity index (χ1) is 20.3. The molecule has 0 radical (unpaired) electrons. The summed E-state index contributed by atoms with van der Waals surface area (Å²) in [6, 6.07) is 2.19. The maximum absolute atomic E-state index is 13.3. The standard InChI is InChI=1S/C31H44N6O5/c1-20(23-14-21(39-4)16-35(23)2)41-26-15-25(37-13-12-36(3)30(17-37)18-40-19-30)32-29(33-26)27-22-8-7-11-31(28(22)42-34-27)10-6-5-9-24(31)38/h15,20-21,23H,5-14,16-19H2,1-4H3/t20-,21+,23-,31+/m0/s1. The molecule has 4 atom stereocenters. The van der Waals surface area contributed by atoms with Crippen LogP contribution in [0.15, 0.2) is 10.6 Å². The predicted octanol–water partition coefficient (Wildman–Crippen LogP) is 2.86. The molecule has 4 fully saturated rings. The minimum absolute atomic E-state index is 0.000178. The molecule has 11 nitrogen and oxygen atoms in total. The zero-order valence-corrected chi connectivity index (χ0v) is 25.4. The van der Waals surface area contributed by atoms with Gasteiger partial charge in [0.25, 0.3) is 0 Å². The highest BCUT2D eigenvalue weighted by atomic mass is 16.5. The molecule has 0 amide bonds. The first-order valence-corrected chi connectivity index (χ1v) is 15.7. The molecule has 11 heteroatoms. The fourth-order valence-electron chi connectivity index (χ4n) is 7.99. The Labute approximate surface area is 247 Å². The van der Waals surface area contributed by atoms with E-state index in [9.17, 15) is 4.79 Å². The van der Waals surface area contributed by atoms with Gasteiger partial charge in [-0.15, -0.1) is 0 Å². The molecular formula is C31H44N6O5. The SMILES string of the molecule is CO[C@@H]1C[C@@H]([C@H](C)Oc2cc(N3CCN(C)C4(COC4)C3)nc(-c3noc4c3CCC[C@@]43CCCCC3=O)n2)N(C)C1. The highest BCUT2D eigenvalue weighted by molar-refractivity contribution is 5.91. The Kier molecular flexibility index (Phi) is 7.27. The number of fused-ring (bicyclic) bond motifs is 2. The molecule has 5 heterocycles. The third kappa shape index (κ3) is 4.63. The third-order valence-corrected chi connectivity index (χ3v) is 10.8. The lowest BCUT2D eigenvalue weighted by atomic mass is 9.64. The average Bonchev–Trinajstić information content (AvgIpc) is 3.58. The summed E-state index contributed by atoms with van der Waals surface area (Å²) in [7, 11) is 6.07. The molecule has 228 valence electrons. The van der Waals surface area contributed by atoms with Crippen LogP contribution in [-0.4, -0.2) is 115 Å². The Balaban J connectivity index is 1.25. The van der Waals surface area contributed by atoms with Crippen LogP contribution in [0.25, 0.3) is 11.5 Å². The maximum atomic E-state index is 13.3. The van der Waals surface area contributed by atoms with E-state index in [-0.39, 0.29) is 23.8 Å². The van der Waals surface area contributed by atoms with Gasteiger partial charge in [-0.1, -0.05) is 11.6 Å². The number of aromatic nitrogens is 3. The Hall–Kier alpha value is -2.60. The lowest BCUT2D eigenvalue weighted by Crippen LogP contribution is -2.70. The summed E-state index contributed by atoms with van der Waals surface area (Å²) in [4.78, 5) is 30.3. The van der Waals surface area contributed by atoms with Gasteiger partial charge in [0.1, 0.15) is 17.7 Å². The Morgan fingerprint density at radius 1 is 1.10 bits per heavy atom. The number of methoxy groups -OCH3 is 1. The van der Waals surface area contributed by atoms with Crippen molar-refractivity contribution >= 4 is 11.6 Å². The van der Waals surface area contributed by atoms with Gasteiger partial charge >= 0.3 is 0 Å². The van der Waals surface area contributed by atoms with Crippen LogP contribution in [0, 0.1) is 0 Å². The van der Waals surface area contributed by atoms with Gasteiger partial charge in [-0.3, -0.25) is 14.6 Å². The number of nitrogens with zero attached hydrogens (tertiary/aromatic N) is 6. The molecule has 7 rings (SSSR count). The topological polar surface area (TPSA) is 106 Å². The Morgan fingerprint density at radius 2 is 1.93 bits per heavy atom. The molecule has 3 aliphatic heterocycles. The molecule has 2 aromatic heterocycles. The maximum Gasteiger partial charge on any atom is 0.219 e. The summed E-state index contributed by atoms with van der Waals surface area (Å²) in [5.41, 5.74) is 1.10. The summed E-state index contributed by atoms with van der Waals surface area (Å²) in [6.07, 6.45) is 7.04. The van der Waals surface area contributed by atoms with E-state index in [1.165, 1.54) is 0 Å². The van der Waals surface area contributed by atoms with E-state index < -0.39 is 5.41 Å². The van der Waals surface area contributed by atoms with Crippen LogP contribution in [-0.2, 0) is 26.1 Å². The molecule has 0 bridgehead atoms. The van der Waals surface area contributed by atoms with Gasteiger partial charge in [0.15, 0.2) is 17.3 Å². The minimum Gasteiger partial charge on any atom is -0.473 e. The number of Topliss-reactive ketones (excluding diaryl/α,β-unsaturated/α-hetero) is 1. The number of likely N-dealkylation sites (N-methyl/N-ethyl adjacent to an activating group) is 2. The van der Waals surface area contributed by atoms with Crippen molar-refractivity contribution in [3.63, 3.8) is 0 Å². The number of piperazine rings is 1. The summed E-state index contributed by atoms with van der Waals surface area (Å²) >= 11 is 0. The quantitative estimate of drug-likeness (QED) is 0.504. The van der Waals surface area contributed by atoms with Gasteiger partial charge in [-0.25, -0.2) is 4.98 Å². The molecule has 2 aromatic rings. The lowest BCUT2D eigenvalue weighted by Gasteiger charge is -2.54. The second-order valence-corrected chi connectivity index (χ2v) is 13.3. The van der Waals surface area contributed by atoms with Crippen molar-refractivity contribution in [3.05, 3.63) is 17.4 Å². The summed E-state index contributed by atoms with van der Waals surface area (Å²) < 4.78 is 23.9. The van der Waals surface area contributed by atoms with Crippen molar-refractivity contribution in [3.8, 4) is 17.4 Å². The number of likely N-dealkylation sites (tertiary alicyclic amines) is 1. The van der Waals surface area contributed by atoms with Gasteiger partial charge in [-0.2, -0.15) is 4.98 Å². The number of carbonyl (C=O) groups excluding carboxylic acids is 1. The van der Waals surface area contributed by atoms with E-state index >= 15 is 0 Å².